The Balaban J connectivity index is 1.04. The van der Waals surface area contributed by atoms with Gasteiger partial charge in [0.1, 0.15) is 4.83 Å². The van der Waals surface area contributed by atoms with Crippen LogP contribution in [-0.2, 0) is 0 Å². The van der Waals surface area contributed by atoms with Crippen molar-refractivity contribution in [3.05, 3.63) is 200 Å². The van der Waals surface area contributed by atoms with Crippen LogP contribution in [0, 0.1) is 0 Å². The molecule has 9 aromatic carbocycles. The Hall–Kier alpha value is -8.32. The lowest BCUT2D eigenvalue weighted by Gasteiger charge is -2.12. The second-order valence-electron chi connectivity index (χ2n) is 16.9. The Bertz CT molecular complexity index is 4320. The number of benzene rings is 9. The molecule has 14 aromatic rings. The molecule has 0 spiro atoms. The third kappa shape index (κ3) is 4.51. The van der Waals surface area contributed by atoms with Crippen LogP contribution in [0.15, 0.2) is 200 Å². The van der Waals surface area contributed by atoms with E-state index in [4.69, 9.17) is 9.97 Å². The first-order chi connectivity index (χ1) is 31.8. The van der Waals surface area contributed by atoms with E-state index in [0.29, 0.717) is 5.95 Å². The molecular weight excluding hydrogens is 799 g/mol. The highest BCUT2D eigenvalue weighted by molar-refractivity contribution is 7.25. The van der Waals surface area contributed by atoms with Crippen molar-refractivity contribution in [2.45, 2.75) is 0 Å². The van der Waals surface area contributed by atoms with E-state index in [2.05, 4.69) is 214 Å². The molecule has 0 saturated carbocycles. The van der Waals surface area contributed by atoms with Gasteiger partial charge >= 0.3 is 0 Å². The van der Waals surface area contributed by atoms with Crippen LogP contribution in [0.3, 0.4) is 0 Å². The van der Waals surface area contributed by atoms with E-state index in [9.17, 15) is 0 Å². The van der Waals surface area contributed by atoms with Crippen molar-refractivity contribution in [2.75, 3.05) is 0 Å². The lowest BCUT2D eigenvalue weighted by Crippen LogP contribution is -2.02. The molecule has 15 rings (SSSR count). The first-order valence-corrected chi connectivity index (χ1v) is 22.6. The lowest BCUT2D eigenvalue weighted by molar-refractivity contribution is 1.02. The molecule has 296 valence electrons. The zero-order valence-corrected chi connectivity index (χ0v) is 35.0. The van der Waals surface area contributed by atoms with Crippen molar-refractivity contribution < 1.29 is 0 Å². The SMILES string of the molecule is c1ccc(-n2c3ccccc3c3cc(-c4nc(-n5c6ccccc6c6cc7c(cc65)c5cccc6c5n7-c5ccccc5-c5ccccc5-6)nc5sc6ccccc6c45)ccc32)cc1. The quantitative estimate of drug-likeness (QED) is 0.178. The van der Waals surface area contributed by atoms with Gasteiger partial charge in [-0.15, -0.1) is 11.3 Å². The normalized spacial score (nSPS) is 12.4. The second-order valence-corrected chi connectivity index (χ2v) is 17.9. The number of rotatable bonds is 3. The number of para-hydroxylation sites is 5. The van der Waals surface area contributed by atoms with Crippen LogP contribution < -0.4 is 0 Å². The Morgan fingerprint density at radius 1 is 0.359 bits per heavy atom. The predicted octanol–water partition coefficient (Wildman–Crippen LogP) is 15.5. The maximum absolute atomic E-state index is 5.69. The van der Waals surface area contributed by atoms with Gasteiger partial charge in [0.25, 0.3) is 0 Å². The monoisotopic (exact) mass is 831 g/mol. The van der Waals surface area contributed by atoms with Crippen molar-refractivity contribution in [2.24, 2.45) is 0 Å². The van der Waals surface area contributed by atoms with E-state index in [0.717, 1.165) is 43.7 Å². The zero-order valence-electron chi connectivity index (χ0n) is 34.2. The first kappa shape index (κ1) is 34.3. The molecule has 1 aliphatic rings. The zero-order chi connectivity index (χ0) is 41.6. The molecule has 0 unspecified atom stereocenters. The fourth-order valence-electron chi connectivity index (χ4n) is 11.0. The summed E-state index contributed by atoms with van der Waals surface area (Å²) >= 11 is 1.74. The Labute approximate surface area is 370 Å². The average Bonchev–Trinajstić information content (AvgIpc) is 4.07. The number of nitrogens with zero attached hydrogens (tertiary/aromatic N) is 5. The smallest absolute Gasteiger partial charge is 0.236 e. The summed E-state index contributed by atoms with van der Waals surface area (Å²) < 4.78 is 8.37. The second kappa shape index (κ2) is 12.6. The molecule has 6 heteroatoms. The molecular formula is C58H33N5S. The van der Waals surface area contributed by atoms with Crippen LogP contribution >= 0.6 is 11.3 Å². The number of fused-ring (bicyclic) bond motifs is 17. The Kier molecular flexibility index (Phi) is 6.77. The summed E-state index contributed by atoms with van der Waals surface area (Å²) in [5.41, 5.74) is 16.2. The van der Waals surface area contributed by atoms with Gasteiger partial charge in [0.05, 0.1) is 44.5 Å². The molecule has 5 aromatic heterocycles. The molecule has 0 bridgehead atoms. The van der Waals surface area contributed by atoms with E-state index < -0.39 is 0 Å². The standard InChI is InChI=1S/C58H33N5S/c1-2-15-35(16-3-1)61-47-25-10-7-20-39(47)44-31-34(29-30-50(44)61)55-54-43-22-9-13-28-53(43)64-57(54)60-58(59-55)63-49-27-12-8-21-40(49)45-32-51-46(33-52(45)63)42-24-14-23-41-37-18-5-4-17-36(37)38-19-6-11-26-48(38)62(51)56(41)42/h1-33H. The summed E-state index contributed by atoms with van der Waals surface area (Å²) in [6.07, 6.45) is 0. The van der Waals surface area contributed by atoms with Crippen molar-refractivity contribution in [1.29, 1.82) is 0 Å². The van der Waals surface area contributed by atoms with Crippen molar-refractivity contribution in [1.82, 2.24) is 23.7 Å². The van der Waals surface area contributed by atoms with E-state index >= 15 is 0 Å². The number of thiophene rings is 1. The summed E-state index contributed by atoms with van der Waals surface area (Å²) in [4.78, 5) is 12.2. The molecule has 0 fully saturated rings. The van der Waals surface area contributed by atoms with Crippen LogP contribution in [0.1, 0.15) is 0 Å². The predicted molar refractivity (Wildman–Crippen MR) is 268 cm³/mol. The van der Waals surface area contributed by atoms with Crippen LogP contribution in [0.4, 0.5) is 0 Å². The molecule has 0 amide bonds. The molecule has 0 atom stereocenters. The van der Waals surface area contributed by atoms with Crippen molar-refractivity contribution in [3.63, 3.8) is 0 Å². The average molecular weight is 832 g/mol. The van der Waals surface area contributed by atoms with Gasteiger partial charge in [0.2, 0.25) is 5.95 Å². The summed E-state index contributed by atoms with van der Waals surface area (Å²) in [5, 5.41) is 9.42. The number of hydrogen-bond donors (Lipinski definition) is 0. The summed E-state index contributed by atoms with van der Waals surface area (Å²) in [5.74, 6) is 0.663. The lowest BCUT2D eigenvalue weighted by atomic mass is 9.94. The first-order valence-electron chi connectivity index (χ1n) is 21.7. The maximum Gasteiger partial charge on any atom is 0.236 e. The Morgan fingerprint density at radius 3 is 1.75 bits per heavy atom. The van der Waals surface area contributed by atoms with E-state index in [1.54, 1.807) is 11.3 Å². The molecule has 1 aliphatic heterocycles. The van der Waals surface area contributed by atoms with Crippen LogP contribution in [0.5, 0.6) is 0 Å². The van der Waals surface area contributed by atoms with Crippen LogP contribution in [0.25, 0.3) is 137 Å². The van der Waals surface area contributed by atoms with E-state index in [-0.39, 0.29) is 0 Å². The van der Waals surface area contributed by atoms with Gasteiger partial charge in [-0.3, -0.25) is 4.57 Å². The van der Waals surface area contributed by atoms with Gasteiger partial charge in [-0.1, -0.05) is 140 Å². The fourth-order valence-corrected chi connectivity index (χ4v) is 12.0. The molecule has 5 nitrogen and oxygen atoms in total. The van der Waals surface area contributed by atoms with Gasteiger partial charge < -0.3 is 9.13 Å². The highest BCUT2D eigenvalue weighted by atomic mass is 32.1. The highest BCUT2D eigenvalue weighted by Gasteiger charge is 2.27. The van der Waals surface area contributed by atoms with Gasteiger partial charge in [-0.2, -0.15) is 0 Å². The van der Waals surface area contributed by atoms with E-state index in [1.807, 2.05) is 0 Å². The molecule has 0 aliphatic carbocycles. The topological polar surface area (TPSA) is 40.6 Å². The summed E-state index contributed by atoms with van der Waals surface area (Å²) in [6.45, 7) is 0. The van der Waals surface area contributed by atoms with Crippen LogP contribution in [-0.4, -0.2) is 23.7 Å². The van der Waals surface area contributed by atoms with Crippen molar-refractivity contribution >= 4 is 97.1 Å². The summed E-state index contributed by atoms with van der Waals surface area (Å²) in [6, 6.07) is 72.9. The number of hydrogen-bond acceptors (Lipinski definition) is 3. The van der Waals surface area contributed by atoms with Gasteiger partial charge in [0.15, 0.2) is 0 Å². The minimum Gasteiger partial charge on any atom is -0.309 e. The minimum atomic E-state index is 0.663. The molecule has 0 N–H and O–H groups in total. The minimum absolute atomic E-state index is 0.663. The molecule has 0 radical (unpaired) electrons. The maximum atomic E-state index is 5.69. The molecule has 6 heterocycles. The third-order valence-electron chi connectivity index (χ3n) is 13.6. The van der Waals surface area contributed by atoms with Gasteiger partial charge in [-0.05, 0) is 71.8 Å². The largest absolute Gasteiger partial charge is 0.309 e. The van der Waals surface area contributed by atoms with Crippen molar-refractivity contribution in [3.8, 4) is 50.8 Å². The molecule has 64 heavy (non-hydrogen) atoms. The van der Waals surface area contributed by atoms with Gasteiger partial charge in [-0.25, -0.2) is 9.97 Å². The third-order valence-corrected chi connectivity index (χ3v) is 14.7. The van der Waals surface area contributed by atoms with Gasteiger partial charge in [0, 0.05) is 70.2 Å². The Morgan fingerprint density at radius 2 is 0.938 bits per heavy atom. The summed E-state index contributed by atoms with van der Waals surface area (Å²) in [7, 11) is 0. The van der Waals surface area contributed by atoms with Crippen LogP contribution in [0.2, 0.25) is 0 Å². The highest BCUT2D eigenvalue weighted by Crippen LogP contribution is 2.48. The fraction of sp³-hybridized carbons (Fsp3) is 0. The number of aromatic nitrogens is 5. The van der Waals surface area contributed by atoms with E-state index in [1.165, 1.54) is 86.9 Å². The molecule has 0 saturated heterocycles.